The highest BCUT2D eigenvalue weighted by atomic mass is 16.3. The van der Waals surface area contributed by atoms with Crippen LogP contribution in [0.1, 0.15) is 52.7 Å². The quantitative estimate of drug-likeness (QED) is 0.338. The highest BCUT2D eigenvalue weighted by molar-refractivity contribution is 6.09. The van der Waals surface area contributed by atoms with Crippen LogP contribution in [-0.2, 0) is 10.8 Å². The molecule has 0 aliphatic heterocycles. The van der Waals surface area contributed by atoms with Crippen molar-refractivity contribution in [1.29, 1.82) is 0 Å². The first-order chi connectivity index (χ1) is 12.6. The van der Waals surface area contributed by atoms with Crippen LogP contribution in [0.4, 0.5) is 0 Å². The molecule has 0 radical (unpaired) electrons. The van der Waals surface area contributed by atoms with Gasteiger partial charge in [0.1, 0.15) is 11.2 Å². The third-order valence-corrected chi connectivity index (χ3v) is 5.38. The van der Waals surface area contributed by atoms with E-state index < -0.39 is 0 Å². The summed E-state index contributed by atoms with van der Waals surface area (Å²) < 4.78 is 6.29. The Morgan fingerprint density at radius 2 is 1.22 bits per heavy atom. The van der Waals surface area contributed by atoms with Crippen molar-refractivity contribution in [3.63, 3.8) is 0 Å². The first kappa shape index (κ1) is 17.9. The lowest BCUT2D eigenvalue weighted by molar-refractivity contribution is 0.569. The molecule has 0 N–H and O–H groups in total. The molecule has 0 aliphatic rings. The summed E-state index contributed by atoms with van der Waals surface area (Å²) in [6.45, 7) is 13.7. The molecule has 138 valence electrons. The van der Waals surface area contributed by atoms with Gasteiger partial charge in [0, 0.05) is 16.3 Å². The Morgan fingerprint density at radius 1 is 0.630 bits per heavy atom. The molecule has 1 heterocycles. The lowest BCUT2D eigenvalue weighted by atomic mass is 9.79. The molecule has 0 saturated heterocycles. The average molecular weight is 357 g/mol. The van der Waals surface area contributed by atoms with Crippen molar-refractivity contribution in [2.75, 3.05) is 0 Å². The highest BCUT2D eigenvalue weighted by Crippen LogP contribution is 2.39. The zero-order chi connectivity index (χ0) is 19.4. The van der Waals surface area contributed by atoms with Crippen molar-refractivity contribution in [1.82, 2.24) is 0 Å². The molecular weight excluding hydrogens is 328 g/mol. The Kier molecular flexibility index (Phi) is 3.96. The molecule has 1 heteroatoms. The smallest absolute Gasteiger partial charge is 0.143 e. The van der Waals surface area contributed by atoms with Crippen molar-refractivity contribution in [2.24, 2.45) is 0 Å². The number of rotatable bonds is 1. The van der Waals surface area contributed by atoms with Gasteiger partial charge in [-0.2, -0.15) is 0 Å². The van der Waals surface area contributed by atoms with Crippen LogP contribution in [-0.4, -0.2) is 0 Å². The normalized spacial score (nSPS) is 12.8. The first-order valence-electron chi connectivity index (χ1n) is 9.71. The minimum Gasteiger partial charge on any atom is -0.455 e. The lowest BCUT2D eigenvalue weighted by Crippen LogP contribution is -2.16. The second kappa shape index (κ2) is 5.99. The van der Waals surface area contributed by atoms with E-state index in [2.05, 4.69) is 90.1 Å². The van der Waals surface area contributed by atoms with Crippen molar-refractivity contribution in [3.8, 4) is 11.1 Å². The van der Waals surface area contributed by atoms with Gasteiger partial charge in [-0.15, -0.1) is 0 Å². The van der Waals surface area contributed by atoms with E-state index >= 15 is 0 Å². The zero-order valence-corrected chi connectivity index (χ0v) is 17.2. The van der Waals surface area contributed by atoms with E-state index in [0.29, 0.717) is 0 Å². The van der Waals surface area contributed by atoms with Crippen molar-refractivity contribution in [3.05, 3.63) is 71.8 Å². The van der Waals surface area contributed by atoms with Crippen LogP contribution in [0.2, 0.25) is 0 Å². The van der Waals surface area contributed by atoms with E-state index in [4.69, 9.17) is 4.42 Å². The number of hydrogen-bond acceptors (Lipinski definition) is 1. The monoisotopic (exact) mass is 356 g/mol. The van der Waals surface area contributed by atoms with Gasteiger partial charge in [0.25, 0.3) is 0 Å². The molecule has 1 nitrogen and oxygen atoms in total. The fraction of sp³-hybridized carbons (Fsp3) is 0.308. The molecule has 0 aliphatic carbocycles. The van der Waals surface area contributed by atoms with Gasteiger partial charge in [-0.1, -0.05) is 96.1 Å². The average Bonchev–Trinajstić information content (AvgIpc) is 2.98. The molecular formula is C26H28O. The Morgan fingerprint density at radius 3 is 1.85 bits per heavy atom. The van der Waals surface area contributed by atoms with Gasteiger partial charge >= 0.3 is 0 Å². The fourth-order valence-corrected chi connectivity index (χ4v) is 3.62. The van der Waals surface area contributed by atoms with Gasteiger partial charge in [0.05, 0.1) is 0 Å². The number of hydrogen-bond donors (Lipinski definition) is 0. The van der Waals surface area contributed by atoms with Crippen molar-refractivity contribution < 1.29 is 4.42 Å². The van der Waals surface area contributed by atoms with Crippen LogP contribution in [0.25, 0.3) is 33.1 Å². The number of furan rings is 1. The Bertz CT molecular complexity index is 1100. The maximum Gasteiger partial charge on any atom is 0.143 e. The van der Waals surface area contributed by atoms with E-state index in [1.54, 1.807) is 0 Å². The zero-order valence-electron chi connectivity index (χ0n) is 17.2. The van der Waals surface area contributed by atoms with Gasteiger partial charge in [0.2, 0.25) is 0 Å². The highest BCUT2D eigenvalue weighted by Gasteiger charge is 2.22. The molecule has 0 fully saturated rings. The van der Waals surface area contributed by atoms with Crippen LogP contribution >= 0.6 is 0 Å². The minimum absolute atomic E-state index is 0.0950. The predicted octanol–water partition coefficient (Wildman–Crippen LogP) is 7.85. The molecule has 4 rings (SSSR count). The summed E-state index contributed by atoms with van der Waals surface area (Å²) in [7, 11) is 0. The summed E-state index contributed by atoms with van der Waals surface area (Å²) in [4.78, 5) is 0. The van der Waals surface area contributed by atoms with Crippen LogP contribution in [0, 0.1) is 0 Å². The van der Waals surface area contributed by atoms with Gasteiger partial charge < -0.3 is 4.42 Å². The third kappa shape index (κ3) is 3.16. The van der Waals surface area contributed by atoms with Gasteiger partial charge in [-0.05, 0) is 33.6 Å². The van der Waals surface area contributed by atoms with Gasteiger partial charge in [-0.25, -0.2) is 0 Å². The van der Waals surface area contributed by atoms with E-state index in [9.17, 15) is 0 Å². The number of fused-ring (bicyclic) bond motifs is 3. The molecule has 0 unspecified atom stereocenters. The first-order valence-corrected chi connectivity index (χ1v) is 9.71. The second-order valence-electron chi connectivity index (χ2n) is 9.58. The molecule has 4 aromatic rings. The second-order valence-corrected chi connectivity index (χ2v) is 9.58. The summed E-state index contributed by atoms with van der Waals surface area (Å²) in [5, 5.41) is 2.36. The molecule has 0 bridgehead atoms. The van der Waals surface area contributed by atoms with E-state index in [1.165, 1.54) is 33.0 Å². The van der Waals surface area contributed by atoms with Crippen LogP contribution in [0.5, 0.6) is 0 Å². The number of para-hydroxylation sites is 2. The molecule has 27 heavy (non-hydrogen) atoms. The molecule has 1 aromatic heterocycles. The fourth-order valence-electron chi connectivity index (χ4n) is 3.62. The Balaban J connectivity index is 2.03. The van der Waals surface area contributed by atoms with Crippen LogP contribution in [0.3, 0.4) is 0 Å². The Labute approximate surface area is 162 Å². The molecule has 0 amide bonds. The van der Waals surface area contributed by atoms with Crippen molar-refractivity contribution >= 4 is 21.9 Å². The molecule has 3 aromatic carbocycles. The van der Waals surface area contributed by atoms with E-state index in [0.717, 1.165) is 11.2 Å². The largest absolute Gasteiger partial charge is 0.455 e. The molecule has 0 saturated carbocycles. The maximum atomic E-state index is 6.29. The summed E-state index contributed by atoms with van der Waals surface area (Å²) in [6.07, 6.45) is 0. The summed E-state index contributed by atoms with van der Waals surface area (Å²) in [5.41, 5.74) is 7.23. The Hall–Kier alpha value is -2.54. The van der Waals surface area contributed by atoms with Gasteiger partial charge in [-0.3, -0.25) is 0 Å². The summed E-state index contributed by atoms with van der Waals surface area (Å²) in [6, 6.07) is 21.8. The summed E-state index contributed by atoms with van der Waals surface area (Å²) >= 11 is 0. The number of benzene rings is 3. The third-order valence-electron chi connectivity index (χ3n) is 5.38. The van der Waals surface area contributed by atoms with Crippen LogP contribution in [0.15, 0.2) is 65.1 Å². The standard InChI is InChI=1S/C26H28O/c1-25(2,3)18-14-17(15-19(16-18)26(4,5)6)20-11-9-12-22-21-10-7-8-13-23(21)27-24(20)22/h7-16H,1-6H3. The maximum absolute atomic E-state index is 6.29. The molecule has 0 atom stereocenters. The SMILES string of the molecule is CC(C)(C)c1cc(-c2cccc3c2oc2ccccc23)cc(C(C)(C)C)c1. The minimum atomic E-state index is 0.0950. The van der Waals surface area contributed by atoms with Crippen molar-refractivity contribution in [2.45, 2.75) is 52.4 Å². The topological polar surface area (TPSA) is 13.1 Å². The van der Waals surface area contributed by atoms with E-state index in [1.807, 2.05) is 12.1 Å². The van der Waals surface area contributed by atoms with Gasteiger partial charge in [0.15, 0.2) is 0 Å². The van der Waals surface area contributed by atoms with Crippen LogP contribution < -0.4 is 0 Å². The van der Waals surface area contributed by atoms with E-state index in [-0.39, 0.29) is 10.8 Å². The lowest BCUT2D eigenvalue weighted by Gasteiger charge is -2.26. The summed E-state index contributed by atoms with van der Waals surface area (Å²) in [5.74, 6) is 0. The molecule has 0 spiro atoms. The predicted molar refractivity (Wildman–Crippen MR) is 117 cm³/mol.